The highest BCUT2D eigenvalue weighted by Crippen LogP contribution is 2.38. The van der Waals surface area contributed by atoms with Crippen molar-refractivity contribution >= 4 is 37.9 Å². The summed E-state index contributed by atoms with van der Waals surface area (Å²) < 4.78 is 6.51. The summed E-state index contributed by atoms with van der Waals surface area (Å²) in [5.41, 5.74) is 1.48. The maximum atomic E-state index is 9.80. The summed E-state index contributed by atoms with van der Waals surface area (Å²) >= 11 is 3.40. The maximum absolute atomic E-state index is 9.80. The molecule has 1 heterocycles. The summed E-state index contributed by atoms with van der Waals surface area (Å²) in [6.45, 7) is 0. The third-order valence-corrected chi connectivity index (χ3v) is 3.08. The van der Waals surface area contributed by atoms with Gasteiger partial charge in [0.05, 0.1) is 9.86 Å². The molecule has 1 aromatic heterocycles. The summed E-state index contributed by atoms with van der Waals surface area (Å²) in [5, 5.41) is 11.5. The minimum Gasteiger partial charge on any atom is -0.507 e. The van der Waals surface area contributed by atoms with Gasteiger partial charge in [0.1, 0.15) is 11.3 Å². The van der Waals surface area contributed by atoms with E-state index in [0.29, 0.717) is 5.58 Å². The number of para-hydroxylation sites is 1. The Morgan fingerprint density at radius 3 is 2.73 bits per heavy atom. The molecule has 0 unspecified atom stereocenters. The first-order valence-corrected chi connectivity index (χ1v) is 5.35. The van der Waals surface area contributed by atoms with Gasteiger partial charge in [0.25, 0.3) is 0 Å². The number of benzene rings is 2. The van der Waals surface area contributed by atoms with E-state index < -0.39 is 0 Å². The van der Waals surface area contributed by atoms with Gasteiger partial charge in [-0.25, -0.2) is 0 Å². The number of phenolic OH excluding ortho intramolecular Hbond substituents is 1. The van der Waals surface area contributed by atoms with Gasteiger partial charge in [-0.2, -0.15) is 0 Å². The molecule has 0 aliphatic heterocycles. The molecule has 2 nitrogen and oxygen atoms in total. The van der Waals surface area contributed by atoms with E-state index in [4.69, 9.17) is 4.42 Å². The summed E-state index contributed by atoms with van der Waals surface area (Å²) in [4.78, 5) is 0. The second-order valence-corrected chi connectivity index (χ2v) is 4.22. The van der Waals surface area contributed by atoms with Crippen LogP contribution in [0.2, 0.25) is 0 Å². The average Bonchev–Trinajstić information content (AvgIpc) is 2.64. The van der Waals surface area contributed by atoms with Crippen molar-refractivity contribution < 1.29 is 9.52 Å². The molecule has 1 N–H and O–H groups in total. The van der Waals surface area contributed by atoms with Gasteiger partial charge < -0.3 is 9.52 Å². The van der Waals surface area contributed by atoms with Crippen LogP contribution in [0.1, 0.15) is 0 Å². The Balaban J connectivity index is 2.66. The van der Waals surface area contributed by atoms with Gasteiger partial charge in [-0.3, -0.25) is 0 Å². The number of furan rings is 1. The number of rotatable bonds is 0. The van der Waals surface area contributed by atoms with Crippen LogP contribution < -0.4 is 0 Å². The predicted molar refractivity (Wildman–Crippen MR) is 63.1 cm³/mol. The second kappa shape index (κ2) is 3.00. The van der Waals surface area contributed by atoms with Crippen molar-refractivity contribution in [2.24, 2.45) is 0 Å². The van der Waals surface area contributed by atoms with Gasteiger partial charge in [0.2, 0.25) is 0 Å². The largest absolute Gasteiger partial charge is 0.507 e. The minimum atomic E-state index is 0.248. The van der Waals surface area contributed by atoms with Crippen LogP contribution in [-0.2, 0) is 0 Å². The molecule has 0 spiro atoms. The molecule has 0 radical (unpaired) electrons. The SMILES string of the molecule is Oc1ccc(Br)c2oc3ccccc3c12. The predicted octanol–water partition coefficient (Wildman–Crippen LogP) is 4.05. The number of phenols is 1. The topological polar surface area (TPSA) is 33.4 Å². The molecule has 0 bridgehead atoms. The van der Waals surface area contributed by atoms with Crippen LogP contribution in [0.25, 0.3) is 21.9 Å². The molecular formula is C12H7BrO2. The first-order chi connectivity index (χ1) is 7.27. The number of hydrogen-bond acceptors (Lipinski definition) is 2. The molecule has 0 saturated heterocycles. The molecule has 0 aliphatic carbocycles. The zero-order valence-electron chi connectivity index (χ0n) is 7.70. The third kappa shape index (κ3) is 1.16. The van der Waals surface area contributed by atoms with E-state index in [1.807, 2.05) is 24.3 Å². The zero-order chi connectivity index (χ0) is 10.4. The molecule has 15 heavy (non-hydrogen) atoms. The Labute approximate surface area is 94.3 Å². The fourth-order valence-corrected chi connectivity index (χ4v) is 2.19. The monoisotopic (exact) mass is 262 g/mol. The number of halogens is 1. The minimum absolute atomic E-state index is 0.248. The van der Waals surface area contributed by atoms with Gasteiger partial charge in [-0.15, -0.1) is 0 Å². The highest BCUT2D eigenvalue weighted by Gasteiger charge is 2.12. The lowest BCUT2D eigenvalue weighted by Gasteiger charge is -1.95. The van der Waals surface area contributed by atoms with Crippen LogP contribution in [0.15, 0.2) is 45.3 Å². The Morgan fingerprint density at radius 1 is 1.07 bits per heavy atom. The number of aromatic hydroxyl groups is 1. The average molecular weight is 263 g/mol. The van der Waals surface area contributed by atoms with Crippen molar-refractivity contribution in [1.82, 2.24) is 0 Å². The van der Waals surface area contributed by atoms with E-state index in [9.17, 15) is 5.11 Å². The van der Waals surface area contributed by atoms with Crippen LogP contribution in [0.4, 0.5) is 0 Å². The second-order valence-electron chi connectivity index (χ2n) is 3.37. The molecule has 0 aliphatic rings. The van der Waals surface area contributed by atoms with Crippen LogP contribution in [0.5, 0.6) is 5.75 Å². The maximum Gasteiger partial charge on any atom is 0.153 e. The summed E-state index contributed by atoms with van der Waals surface area (Å²) in [7, 11) is 0. The van der Waals surface area contributed by atoms with Crippen LogP contribution in [-0.4, -0.2) is 5.11 Å². The lowest BCUT2D eigenvalue weighted by Crippen LogP contribution is -1.70. The van der Waals surface area contributed by atoms with Crippen LogP contribution in [0, 0.1) is 0 Å². The van der Waals surface area contributed by atoms with Crippen LogP contribution >= 0.6 is 15.9 Å². The van der Waals surface area contributed by atoms with Crippen molar-refractivity contribution in [3.05, 3.63) is 40.9 Å². The van der Waals surface area contributed by atoms with Gasteiger partial charge >= 0.3 is 0 Å². The number of hydrogen-bond donors (Lipinski definition) is 1. The van der Waals surface area contributed by atoms with E-state index in [0.717, 1.165) is 20.8 Å². The molecule has 3 heteroatoms. The van der Waals surface area contributed by atoms with E-state index in [1.54, 1.807) is 12.1 Å². The van der Waals surface area contributed by atoms with Gasteiger partial charge in [-0.05, 0) is 34.1 Å². The van der Waals surface area contributed by atoms with E-state index in [-0.39, 0.29) is 5.75 Å². The standard InChI is InChI=1S/C12H7BrO2/c13-8-5-6-9(14)11-7-3-1-2-4-10(7)15-12(8)11/h1-6,14H. The van der Waals surface area contributed by atoms with Crippen molar-refractivity contribution in [3.63, 3.8) is 0 Å². The Kier molecular flexibility index (Phi) is 1.76. The highest BCUT2D eigenvalue weighted by molar-refractivity contribution is 9.10. The van der Waals surface area contributed by atoms with Crippen molar-refractivity contribution in [2.45, 2.75) is 0 Å². The lowest BCUT2D eigenvalue weighted by atomic mass is 10.1. The Bertz CT molecular complexity index is 655. The molecule has 0 fully saturated rings. The fourth-order valence-electron chi connectivity index (χ4n) is 1.78. The van der Waals surface area contributed by atoms with Crippen LogP contribution in [0.3, 0.4) is 0 Å². The molecule has 0 atom stereocenters. The van der Waals surface area contributed by atoms with E-state index >= 15 is 0 Å². The van der Waals surface area contributed by atoms with Gasteiger partial charge in [-0.1, -0.05) is 18.2 Å². The van der Waals surface area contributed by atoms with Crippen molar-refractivity contribution in [3.8, 4) is 5.75 Å². The first kappa shape index (κ1) is 8.80. The normalized spacial score (nSPS) is 11.3. The van der Waals surface area contributed by atoms with E-state index in [1.165, 1.54) is 0 Å². The first-order valence-electron chi connectivity index (χ1n) is 4.56. The van der Waals surface area contributed by atoms with Gasteiger partial charge in [0, 0.05) is 5.39 Å². The molecule has 74 valence electrons. The molecular weight excluding hydrogens is 256 g/mol. The lowest BCUT2D eigenvalue weighted by molar-refractivity contribution is 0.481. The highest BCUT2D eigenvalue weighted by atomic mass is 79.9. The van der Waals surface area contributed by atoms with Crippen molar-refractivity contribution in [2.75, 3.05) is 0 Å². The van der Waals surface area contributed by atoms with E-state index in [2.05, 4.69) is 15.9 Å². The summed E-state index contributed by atoms with van der Waals surface area (Å²) in [5.74, 6) is 0.248. The van der Waals surface area contributed by atoms with Crippen molar-refractivity contribution in [1.29, 1.82) is 0 Å². The Hall–Kier alpha value is -1.48. The third-order valence-electron chi connectivity index (χ3n) is 2.46. The molecule has 3 rings (SSSR count). The Morgan fingerprint density at radius 2 is 1.87 bits per heavy atom. The summed E-state index contributed by atoms with van der Waals surface area (Å²) in [6.07, 6.45) is 0. The smallest absolute Gasteiger partial charge is 0.153 e. The molecule has 0 saturated carbocycles. The zero-order valence-corrected chi connectivity index (χ0v) is 9.28. The quantitative estimate of drug-likeness (QED) is 0.663. The molecule has 2 aromatic carbocycles. The molecule has 0 amide bonds. The molecule has 3 aromatic rings. The number of fused-ring (bicyclic) bond motifs is 3. The summed E-state index contributed by atoms with van der Waals surface area (Å²) in [6, 6.07) is 11.1. The van der Waals surface area contributed by atoms with Gasteiger partial charge in [0.15, 0.2) is 5.58 Å². The fraction of sp³-hybridized carbons (Fsp3) is 0.